The van der Waals surface area contributed by atoms with Crippen LogP contribution in [0.25, 0.3) is 0 Å². The number of alkyl halides is 1. The Bertz CT molecular complexity index is 727. The summed E-state index contributed by atoms with van der Waals surface area (Å²) in [6, 6.07) is 2.89. The molecule has 0 radical (unpaired) electrons. The lowest BCUT2D eigenvalue weighted by Gasteiger charge is -2.29. The Balaban J connectivity index is 1.53. The molecule has 3 N–H and O–H groups in total. The highest BCUT2D eigenvalue weighted by atomic mass is 35.5. The molecule has 0 spiro atoms. The molecule has 1 saturated heterocycles. The quantitative estimate of drug-likeness (QED) is 0.694. The molecule has 1 aromatic heterocycles. The van der Waals surface area contributed by atoms with Gasteiger partial charge in [0.2, 0.25) is 5.91 Å². The number of amides is 1. The fourth-order valence-electron chi connectivity index (χ4n) is 3.88. The number of nitrogen functional groups attached to an aromatic ring is 1. The predicted molar refractivity (Wildman–Crippen MR) is 102 cm³/mol. The van der Waals surface area contributed by atoms with Crippen LogP contribution in [0.15, 0.2) is 12.1 Å². The molecule has 0 aromatic carbocycles. The van der Waals surface area contributed by atoms with Gasteiger partial charge in [0, 0.05) is 6.42 Å². The highest BCUT2D eigenvalue weighted by Crippen LogP contribution is 2.28. The van der Waals surface area contributed by atoms with Crippen LogP contribution < -0.4 is 5.73 Å². The second-order valence-corrected chi connectivity index (χ2v) is 7.90. The van der Waals surface area contributed by atoms with Gasteiger partial charge in [-0.2, -0.15) is 0 Å². The molecule has 2 aliphatic rings. The van der Waals surface area contributed by atoms with Crippen LogP contribution in [-0.2, 0) is 20.7 Å². The highest BCUT2D eigenvalue weighted by Gasteiger charge is 2.36. The van der Waals surface area contributed by atoms with Crippen LogP contribution in [0.4, 0.5) is 10.1 Å². The Morgan fingerprint density at radius 1 is 1.32 bits per heavy atom. The predicted octanol–water partition coefficient (Wildman–Crippen LogP) is 2.46. The second kappa shape index (κ2) is 9.05. The van der Waals surface area contributed by atoms with Crippen molar-refractivity contribution in [1.82, 2.24) is 9.88 Å². The van der Waals surface area contributed by atoms with Crippen LogP contribution in [-0.4, -0.2) is 58.3 Å². The largest absolute Gasteiger partial charge is 0.481 e. The van der Waals surface area contributed by atoms with Gasteiger partial charge in [-0.1, -0.05) is 11.6 Å². The maximum Gasteiger partial charge on any atom is 0.306 e. The minimum absolute atomic E-state index is 0.0208. The summed E-state index contributed by atoms with van der Waals surface area (Å²) in [4.78, 5) is 29.3. The van der Waals surface area contributed by atoms with Crippen LogP contribution >= 0.6 is 11.6 Å². The highest BCUT2D eigenvalue weighted by molar-refractivity contribution is 6.31. The fraction of sp³-hybridized carbons (Fsp3) is 0.632. The number of halogens is 2. The Hall–Kier alpha value is -1.93. The number of hydrogen-bond donors (Lipinski definition) is 2. The lowest BCUT2D eigenvalue weighted by molar-refractivity contribution is -0.144. The summed E-state index contributed by atoms with van der Waals surface area (Å²) in [6.45, 7) is 0.297. The molecule has 2 fully saturated rings. The summed E-state index contributed by atoms with van der Waals surface area (Å²) in [5.74, 6) is -1.29. The zero-order chi connectivity index (χ0) is 20.3. The molecular formula is C19H25ClFN3O4. The molecule has 3 rings (SSSR count). The van der Waals surface area contributed by atoms with E-state index in [2.05, 4.69) is 4.98 Å². The number of anilines is 1. The Morgan fingerprint density at radius 3 is 2.68 bits per heavy atom. The van der Waals surface area contributed by atoms with Gasteiger partial charge >= 0.3 is 5.97 Å². The number of aliphatic carboxylic acids is 1. The van der Waals surface area contributed by atoms with Crippen molar-refractivity contribution < 1.29 is 23.8 Å². The molecule has 1 aromatic rings. The number of ether oxygens (including phenoxy) is 1. The summed E-state index contributed by atoms with van der Waals surface area (Å²) < 4.78 is 19.9. The van der Waals surface area contributed by atoms with E-state index in [-0.39, 0.29) is 55.1 Å². The van der Waals surface area contributed by atoms with E-state index in [1.54, 1.807) is 12.1 Å². The van der Waals surface area contributed by atoms with E-state index in [9.17, 15) is 14.0 Å². The number of carboxylic acids is 1. The molecule has 1 amide bonds. The monoisotopic (exact) mass is 413 g/mol. The molecule has 0 unspecified atom stereocenters. The van der Waals surface area contributed by atoms with Gasteiger partial charge in [0.1, 0.15) is 6.17 Å². The zero-order valence-corrected chi connectivity index (χ0v) is 16.3. The van der Waals surface area contributed by atoms with Crippen molar-refractivity contribution in [3.63, 3.8) is 0 Å². The maximum atomic E-state index is 14.0. The number of rotatable bonds is 6. The Labute approximate surface area is 168 Å². The Kier molecular flexibility index (Phi) is 6.72. The van der Waals surface area contributed by atoms with Crippen molar-refractivity contribution >= 4 is 29.2 Å². The topological polar surface area (TPSA) is 106 Å². The van der Waals surface area contributed by atoms with Crippen molar-refractivity contribution in [3.8, 4) is 0 Å². The zero-order valence-electron chi connectivity index (χ0n) is 15.5. The van der Waals surface area contributed by atoms with Gasteiger partial charge in [0.15, 0.2) is 5.15 Å². The number of likely N-dealkylation sites (tertiary alicyclic amines) is 1. The minimum atomic E-state index is -1.08. The van der Waals surface area contributed by atoms with Gasteiger partial charge in [-0.05, 0) is 37.8 Å². The van der Waals surface area contributed by atoms with E-state index in [0.717, 1.165) is 0 Å². The van der Waals surface area contributed by atoms with Crippen LogP contribution in [0, 0.1) is 5.92 Å². The van der Waals surface area contributed by atoms with Gasteiger partial charge < -0.3 is 20.5 Å². The molecule has 1 aliphatic carbocycles. The first kappa shape index (κ1) is 20.8. The number of carbonyl (C=O) groups is 2. The summed E-state index contributed by atoms with van der Waals surface area (Å²) in [6.07, 6.45) is 1.66. The minimum Gasteiger partial charge on any atom is -0.481 e. The lowest BCUT2D eigenvalue weighted by Crippen LogP contribution is -2.40. The van der Waals surface area contributed by atoms with Crippen molar-refractivity contribution in [2.24, 2.45) is 5.92 Å². The second-order valence-electron chi connectivity index (χ2n) is 7.54. The SMILES string of the molecule is Nc1ccc(CC(=O)N2C[C@@H](F)C[C@H]2COC2CCC(C(=O)O)CC2)nc1Cl. The van der Waals surface area contributed by atoms with Crippen molar-refractivity contribution in [3.05, 3.63) is 23.0 Å². The average molecular weight is 414 g/mol. The van der Waals surface area contributed by atoms with Gasteiger partial charge in [-0.25, -0.2) is 9.37 Å². The number of nitrogens with two attached hydrogens (primary N) is 1. The van der Waals surface area contributed by atoms with Crippen LogP contribution in [0.2, 0.25) is 5.15 Å². The third-order valence-electron chi connectivity index (χ3n) is 5.50. The van der Waals surface area contributed by atoms with E-state index < -0.39 is 12.1 Å². The number of carboxylic acid groups (broad SMARTS) is 1. The first-order chi connectivity index (χ1) is 13.3. The molecule has 9 heteroatoms. The normalized spacial score (nSPS) is 27.7. The molecular weight excluding hydrogens is 389 g/mol. The summed E-state index contributed by atoms with van der Waals surface area (Å²) in [7, 11) is 0. The number of aromatic nitrogens is 1. The average Bonchev–Trinajstić information content (AvgIpc) is 3.04. The van der Waals surface area contributed by atoms with Gasteiger partial charge in [0.25, 0.3) is 0 Å². The molecule has 2 atom stereocenters. The number of hydrogen-bond acceptors (Lipinski definition) is 5. The molecule has 1 saturated carbocycles. The number of pyridine rings is 1. The number of carbonyl (C=O) groups excluding carboxylic acids is 1. The third kappa shape index (κ3) is 5.11. The van der Waals surface area contributed by atoms with Gasteiger partial charge in [0.05, 0.1) is 49.0 Å². The molecule has 0 bridgehead atoms. The van der Waals surface area contributed by atoms with Gasteiger partial charge in [-0.15, -0.1) is 0 Å². The molecule has 7 nitrogen and oxygen atoms in total. The van der Waals surface area contributed by atoms with E-state index in [4.69, 9.17) is 27.2 Å². The Morgan fingerprint density at radius 2 is 2.04 bits per heavy atom. The third-order valence-corrected chi connectivity index (χ3v) is 5.80. The maximum absolute atomic E-state index is 14.0. The first-order valence-corrected chi connectivity index (χ1v) is 9.90. The number of nitrogens with zero attached hydrogens (tertiary/aromatic N) is 2. The van der Waals surface area contributed by atoms with Crippen molar-refractivity contribution in [2.75, 3.05) is 18.9 Å². The lowest BCUT2D eigenvalue weighted by atomic mass is 9.87. The molecule has 154 valence electrons. The fourth-order valence-corrected chi connectivity index (χ4v) is 4.06. The smallest absolute Gasteiger partial charge is 0.306 e. The van der Waals surface area contributed by atoms with E-state index in [1.165, 1.54) is 4.90 Å². The van der Waals surface area contributed by atoms with Crippen molar-refractivity contribution in [2.45, 2.75) is 56.8 Å². The van der Waals surface area contributed by atoms with E-state index in [0.29, 0.717) is 37.1 Å². The van der Waals surface area contributed by atoms with Gasteiger partial charge in [-0.3, -0.25) is 9.59 Å². The van der Waals surface area contributed by atoms with Crippen LogP contribution in [0.3, 0.4) is 0 Å². The first-order valence-electron chi connectivity index (χ1n) is 9.52. The van der Waals surface area contributed by atoms with Crippen LogP contribution in [0.1, 0.15) is 37.8 Å². The van der Waals surface area contributed by atoms with E-state index in [1.807, 2.05) is 0 Å². The summed E-state index contributed by atoms with van der Waals surface area (Å²) >= 11 is 5.90. The molecule has 28 heavy (non-hydrogen) atoms. The standard InChI is InChI=1S/C19H25ClFN3O4/c20-18-16(22)6-3-13(23-18)8-17(25)24-9-12(21)7-14(24)10-28-15-4-1-11(2-5-15)19(26)27/h3,6,11-12,14-15H,1-2,4-5,7-10,22H2,(H,26,27)/t11?,12-,14-,15?/m0/s1. The molecule has 2 heterocycles. The van der Waals surface area contributed by atoms with Crippen LogP contribution in [0.5, 0.6) is 0 Å². The van der Waals surface area contributed by atoms with E-state index >= 15 is 0 Å². The summed E-state index contributed by atoms with van der Waals surface area (Å²) in [5.41, 5.74) is 6.45. The summed E-state index contributed by atoms with van der Waals surface area (Å²) in [5, 5.41) is 9.20. The molecule has 1 aliphatic heterocycles. The van der Waals surface area contributed by atoms with Crippen molar-refractivity contribution in [1.29, 1.82) is 0 Å².